The van der Waals surface area contributed by atoms with Gasteiger partial charge in [-0.3, -0.25) is 0 Å². The molecule has 11 heavy (non-hydrogen) atoms. The minimum atomic E-state index is 0.716. The van der Waals surface area contributed by atoms with Gasteiger partial charge in [0.25, 0.3) is 0 Å². The zero-order valence-electron chi connectivity index (χ0n) is 5.49. The number of H-pyrrole nitrogens is 1. The number of aromatic amines is 1. The Morgan fingerprint density at radius 2 is 2.27 bits per heavy atom. The van der Waals surface area contributed by atoms with Gasteiger partial charge in [-0.1, -0.05) is 11.6 Å². The Bertz CT molecular complexity index is 358. The minimum Gasteiger partial charge on any atom is -0.353 e. The molecule has 0 fully saturated rings. The largest absolute Gasteiger partial charge is 0.353 e. The van der Waals surface area contributed by atoms with E-state index in [1.165, 1.54) is 0 Å². The van der Waals surface area contributed by atoms with E-state index in [4.69, 9.17) is 11.6 Å². The lowest BCUT2D eigenvalue weighted by molar-refractivity contribution is 1.46. The predicted octanol–water partition coefficient (Wildman–Crippen LogP) is 3.38. The molecular weight excluding hydrogens is 225 g/mol. The first-order valence-electron chi connectivity index (χ1n) is 3.11. The summed E-state index contributed by atoms with van der Waals surface area (Å²) in [6.45, 7) is 0. The molecule has 0 aliphatic carbocycles. The van der Waals surface area contributed by atoms with Crippen molar-refractivity contribution in [2.24, 2.45) is 0 Å². The third-order valence-corrected chi connectivity index (χ3v) is 2.72. The van der Waals surface area contributed by atoms with Gasteiger partial charge >= 0.3 is 0 Å². The van der Waals surface area contributed by atoms with E-state index in [0.717, 1.165) is 15.4 Å². The number of hydrogen-bond donors (Lipinski definition) is 1. The smallest absolute Gasteiger partial charge is 0.0630 e. The Balaban J connectivity index is 2.86. The van der Waals surface area contributed by atoms with Crippen LogP contribution < -0.4 is 0 Å². The molecule has 55 valence electrons. The first kappa shape index (κ1) is 7.19. The average Bonchev–Trinajstić information content (AvgIpc) is 2.36. The normalized spacial score (nSPS) is 10.7. The van der Waals surface area contributed by atoms with Crippen LogP contribution in [0, 0.1) is 6.20 Å². The fourth-order valence-corrected chi connectivity index (χ4v) is 1.51. The molecule has 0 amide bonds. The highest BCUT2D eigenvalue weighted by atomic mass is 79.9. The summed E-state index contributed by atoms with van der Waals surface area (Å²) in [6, 6.07) is 5.72. The summed E-state index contributed by atoms with van der Waals surface area (Å²) >= 11 is 9.21. The molecule has 1 aromatic carbocycles. The molecule has 2 aromatic rings. The summed E-state index contributed by atoms with van der Waals surface area (Å²) in [4.78, 5) is 2.96. The first-order chi connectivity index (χ1) is 5.27. The van der Waals surface area contributed by atoms with Crippen LogP contribution in [0.4, 0.5) is 0 Å². The Labute approximate surface area is 77.5 Å². The summed E-state index contributed by atoms with van der Waals surface area (Å²) in [7, 11) is 0. The van der Waals surface area contributed by atoms with Crippen LogP contribution in [0.15, 0.2) is 22.7 Å². The number of halogens is 2. The third-order valence-electron chi connectivity index (χ3n) is 1.53. The van der Waals surface area contributed by atoms with Crippen molar-refractivity contribution in [3.63, 3.8) is 0 Å². The van der Waals surface area contributed by atoms with Crippen molar-refractivity contribution in [3.8, 4) is 0 Å². The lowest BCUT2D eigenvalue weighted by atomic mass is 10.2. The van der Waals surface area contributed by atoms with Gasteiger partial charge in [0.2, 0.25) is 0 Å². The zero-order chi connectivity index (χ0) is 7.84. The van der Waals surface area contributed by atoms with Crippen LogP contribution in [0.1, 0.15) is 0 Å². The molecule has 0 saturated carbocycles. The highest BCUT2D eigenvalue weighted by molar-refractivity contribution is 9.10. The van der Waals surface area contributed by atoms with Gasteiger partial charge in [0.1, 0.15) is 0 Å². The molecule has 1 nitrogen and oxygen atoms in total. The van der Waals surface area contributed by atoms with E-state index in [1.807, 2.05) is 18.2 Å². The van der Waals surface area contributed by atoms with Crippen molar-refractivity contribution < 1.29 is 0 Å². The maximum atomic E-state index is 5.86. The average molecular weight is 229 g/mol. The lowest BCUT2D eigenvalue weighted by Gasteiger charge is -1.94. The molecule has 1 aromatic heterocycles. The van der Waals surface area contributed by atoms with E-state index in [2.05, 4.69) is 27.1 Å². The summed E-state index contributed by atoms with van der Waals surface area (Å²) in [5.74, 6) is 0. The number of rotatable bonds is 0. The Kier molecular flexibility index (Phi) is 1.66. The Hall–Kier alpha value is -0.470. The van der Waals surface area contributed by atoms with Crippen molar-refractivity contribution >= 4 is 38.4 Å². The highest BCUT2D eigenvalue weighted by Gasteiger charge is 1.99. The number of benzene rings is 1. The molecule has 0 aliphatic heterocycles. The second-order valence-corrected chi connectivity index (χ2v) is 3.53. The van der Waals surface area contributed by atoms with Gasteiger partial charge in [0.05, 0.1) is 11.2 Å². The van der Waals surface area contributed by atoms with Gasteiger partial charge in [-0.25, -0.2) is 0 Å². The first-order valence-corrected chi connectivity index (χ1v) is 4.28. The van der Waals surface area contributed by atoms with Crippen LogP contribution in [-0.2, 0) is 0 Å². The molecule has 0 atom stereocenters. The summed E-state index contributed by atoms with van der Waals surface area (Å²) in [5, 5.41) is 1.83. The van der Waals surface area contributed by atoms with Gasteiger partial charge in [-0.2, -0.15) is 0 Å². The highest BCUT2D eigenvalue weighted by Crippen LogP contribution is 2.26. The monoisotopic (exact) mass is 228 g/mol. The van der Waals surface area contributed by atoms with Gasteiger partial charge in [0.15, 0.2) is 0 Å². The van der Waals surface area contributed by atoms with E-state index in [9.17, 15) is 0 Å². The predicted molar refractivity (Wildman–Crippen MR) is 49.8 cm³/mol. The minimum absolute atomic E-state index is 0.716. The Morgan fingerprint density at radius 3 is 3.09 bits per heavy atom. The second kappa shape index (κ2) is 2.54. The quantitative estimate of drug-likeness (QED) is 0.713. The van der Waals surface area contributed by atoms with Crippen LogP contribution in [0.5, 0.6) is 0 Å². The third kappa shape index (κ3) is 1.17. The second-order valence-electron chi connectivity index (χ2n) is 2.27. The van der Waals surface area contributed by atoms with Crippen LogP contribution >= 0.6 is 27.5 Å². The number of aromatic nitrogens is 1. The molecule has 2 rings (SSSR count). The molecule has 3 heteroatoms. The molecule has 1 radical (unpaired) electrons. The van der Waals surface area contributed by atoms with Crippen molar-refractivity contribution in [3.05, 3.63) is 33.9 Å². The summed E-state index contributed by atoms with van der Waals surface area (Å²) < 4.78 is 0.916. The van der Waals surface area contributed by atoms with Gasteiger partial charge in [-0.15, -0.1) is 0 Å². The van der Waals surface area contributed by atoms with E-state index in [1.54, 1.807) is 0 Å². The van der Waals surface area contributed by atoms with Crippen LogP contribution in [0.25, 0.3) is 10.9 Å². The topological polar surface area (TPSA) is 15.8 Å². The van der Waals surface area contributed by atoms with Gasteiger partial charge in [0, 0.05) is 15.4 Å². The van der Waals surface area contributed by atoms with Crippen molar-refractivity contribution in [1.29, 1.82) is 0 Å². The molecule has 1 N–H and O–H groups in total. The standard InChI is InChI=1S/C8H4BrClN/c9-6-3-5-1-2-11-8(5)4-7(6)10/h1,3-4,11H. The summed E-state index contributed by atoms with van der Waals surface area (Å²) in [6.07, 6.45) is 2.89. The molecule has 1 heterocycles. The molecule has 0 unspecified atom stereocenters. The Morgan fingerprint density at radius 1 is 1.45 bits per heavy atom. The van der Waals surface area contributed by atoms with E-state index >= 15 is 0 Å². The van der Waals surface area contributed by atoms with E-state index < -0.39 is 0 Å². The molecule has 0 saturated heterocycles. The molecule has 0 aliphatic rings. The SMILES string of the molecule is Clc1cc2[nH][c]cc2cc1Br. The van der Waals surface area contributed by atoms with Gasteiger partial charge in [-0.05, 0) is 34.1 Å². The van der Waals surface area contributed by atoms with E-state index in [0.29, 0.717) is 5.02 Å². The van der Waals surface area contributed by atoms with Crippen molar-refractivity contribution in [2.45, 2.75) is 0 Å². The lowest BCUT2D eigenvalue weighted by Crippen LogP contribution is -1.70. The maximum Gasteiger partial charge on any atom is 0.0630 e. The van der Waals surface area contributed by atoms with Crippen molar-refractivity contribution in [1.82, 2.24) is 4.98 Å². The molecular formula is C8H4BrClN. The fraction of sp³-hybridized carbons (Fsp3) is 0. The van der Waals surface area contributed by atoms with E-state index in [-0.39, 0.29) is 0 Å². The number of nitrogens with one attached hydrogen (secondary N) is 1. The van der Waals surface area contributed by atoms with Crippen LogP contribution in [0.2, 0.25) is 5.02 Å². The van der Waals surface area contributed by atoms with Crippen LogP contribution in [0.3, 0.4) is 0 Å². The van der Waals surface area contributed by atoms with Crippen molar-refractivity contribution in [2.75, 3.05) is 0 Å². The fourth-order valence-electron chi connectivity index (χ4n) is 0.981. The molecule has 0 bridgehead atoms. The number of hydrogen-bond acceptors (Lipinski definition) is 0. The van der Waals surface area contributed by atoms with Crippen LogP contribution in [-0.4, -0.2) is 4.98 Å². The zero-order valence-corrected chi connectivity index (χ0v) is 7.83. The number of fused-ring (bicyclic) bond motifs is 1. The van der Waals surface area contributed by atoms with Gasteiger partial charge < -0.3 is 4.98 Å². The molecule has 0 spiro atoms. The maximum absolute atomic E-state index is 5.86. The summed E-state index contributed by atoms with van der Waals surface area (Å²) in [5.41, 5.74) is 1.01.